The Bertz CT molecular complexity index is 516. The smallest absolute Gasteiger partial charge is 0.274 e. The topological polar surface area (TPSA) is 73.0 Å². The van der Waals surface area contributed by atoms with Crippen LogP contribution in [0.15, 0.2) is 29.2 Å². The third-order valence-corrected chi connectivity index (χ3v) is 2.76. The third-order valence-electron chi connectivity index (χ3n) is 2.76. The van der Waals surface area contributed by atoms with Gasteiger partial charge in [-0.1, -0.05) is 19.0 Å². The number of nitrogens with zero attached hydrogens (tertiary/aromatic N) is 3. The van der Waals surface area contributed by atoms with E-state index in [9.17, 15) is 4.79 Å². The standard InChI is InChI=1S/C12H16N4O2/c1-8(2)10(11-13-5-6-16(11)3)14-12(17)9-4-7-18-15-9/h4-8,10H,1-3H3,(H,14,17)/t10-/m0/s1. The van der Waals surface area contributed by atoms with Gasteiger partial charge in [-0.05, 0) is 5.92 Å². The number of hydrogen-bond donors (Lipinski definition) is 1. The van der Waals surface area contributed by atoms with Crippen molar-refractivity contribution in [1.29, 1.82) is 0 Å². The van der Waals surface area contributed by atoms with Gasteiger partial charge in [0.2, 0.25) is 0 Å². The van der Waals surface area contributed by atoms with Crippen molar-refractivity contribution in [3.05, 3.63) is 36.2 Å². The molecule has 1 atom stereocenters. The fourth-order valence-electron chi connectivity index (χ4n) is 1.75. The molecule has 0 saturated carbocycles. The van der Waals surface area contributed by atoms with Gasteiger partial charge in [0.05, 0.1) is 6.04 Å². The van der Waals surface area contributed by atoms with Gasteiger partial charge in [0, 0.05) is 25.5 Å². The summed E-state index contributed by atoms with van der Waals surface area (Å²) in [5.74, 6) is 0.786. The summed E-state index contributed by atoms with van der Waals surface area (Å²) in [6.45, 7) is 4.06. The van der Waals surface area contributed by atoms with Crippen LogP contribution in [0.1, 0.15) is 36.2 Å². The molecule has 2 aromatic rings. The van der Waals surface area contributed by atoms with Gasteiger partial charge in [-0.2, -0.15) is 0 Å². The van der Waals surface area contributed by atoms with Crippen LogP contribution in [-0.2, 0) is 7.05 Å². The second-order valence-corrected chi connectivity index (χ2v) is 4.48. The van der Waals surface area contributed by atoms with Gasteiger partial charge in [-0.15, -0.1) is 0 Å². The molecule has 18 heavy (non-hydrogen) atoms. The highest BCUT2D eigenvalue weighted by Gasteiger charge is 2.23. The molecule has 2 aromatic heterocycles. The molecule has 0 radical (unpaired) electrons. The number of carbonyl (C=O) groups is 1. The van der Waals surface area contributed by atoms with E-state index in [0.29, 0.717) is 0 Å². The lowest BCUT2D eigenvalue weighted by Gasteiger charge is -2.21. The first-order valence-electron chi connectivity index (χ1n) is 5.78. The van der Waals surface area contributed by atoms with Crippen molar-refractivity contribution in [1.82, 2.24) is 20.0 Å². The van der Waals surface area contributed by atoms with Crippen LogP contribution in [0.2, 0.25) is 0 Å². The molecule has 0 saturated heterocycles. The molecule has 0 unspecified atom stereocenters. The molecular weight excluding hydrogens is 232 g/mol. The molecule has 2 heterocycles. The van der Waals surface area contributed by atoms with Crippen LogP contribution >= 0.6 is 0 Å². The quantitative estimate of drug-likeness (QED) is 0.890. The number of aryl methyl sites for hydroxylation is 1. The fourth-order valence-corrected chi connectivity index (χ4v) is 1.75. The Labute approximate surface area is 105 Å². The van der Waals surface area contributed by atoms with Gasteiger partial charge in [0.1, 0.15) is 12.1 Å². The summed E-state index contributed by atoms with van der Waals surface area (Å²) in [6, 6.07) is 1.37. The van der Waals surface area contributed by atoms with Crippen LogP contribution in [0.4, 0.5) is 0 Å². The second kappa shape index (κ2) is 5.03. The highest BCUT2D eigenvalue weighted by Crippen LogP contribution is 2.19. The maximum Gasteiger partial charge on any atom is 0.274 e. The van der Waals surface area contributed by atoms with Crippen molar-refractivity contribution < 1.29 is 9.32 Å². The minimum Gasteiger partial charge on any atom is -0.364 e. The van der Waals surface area contributed by atoms with E-state index >= 15 is 0 Å². The monoisotopic (exact) mass is 248 g/mol. The summed E-state index contributed by atoms with van der Waals surface area (Å²) in [4.78, 5) is 16.2. The largest absolute Gasteiger partial charge is 0.364 e. The Morgan fingerprint density at radius 3 is 2.78 bits per heavy atom. The van der Waals surface area contributed by atoms with Crippen molar-refractivity contribution in [3.8, 4) is 0 Å². The normalized spacial score (nSPS) is 12.7. The Kier molecular flexibility index (Phi) is 3.45. The summed E-state index contributed by atoms with van der Waals surface area (Å²) in [6.07, 6.45) is 4.94. The minimum absolute atomic E-state index is 0.158. The van der Waals surface area contributed by atoms with E-state index < -0.39 is 0 Å². The lowest BCUT2D eigenvalue weighted by Crippen LogP contribution is -2.33. The van der Waals surface area contributed by atoms with Gasteiger partial charge in [-0.25, -0.2) is 4.98 Å². The molecule has 0 spiro atoms. The highest BCUT2D eigenvalue weighted by atomic mass is 16.5. The SMILES string of the molecule is CC(C)[C@H](NC(=O)c1ccon1)c1nccn1C. The highest BCUT2D eigenvalue weighted by molar-refractivity contribution is 5.92. The molecule has 6 nitrogen and oxygen atoms in total. The average molecular weight is 248 g/mol. The van der Waals surface area contributed by atoms with E-state index in [1.807, 2.05) is 31.7 Å². The Balaban J connectivity index is 2.18. The number of aromatic nitrogens is 3. The zero-order valence-electron chi connectivity index (χ0n) is 10.6. The number of carbonyl (C=O) groups excluding carboxylic acids is 1. The number of imidazole rings is 1. The molecule has 2 rings (SSSR count). The summed E-state index contributed by atoms with van der Waals surface area (Å²) in [5.41, 5.74) is 0.273. The van der Waals surface area contributed by atoms with Crippen molar-refractivity contribution >= 4 is 5.91 Å². The van der Waals surface area contributed by atoms with Gasteiger partial charge in [-0.3, -0.25) is 4.79 Å². The third kappa shape index (κ3) is 2.42. The van der Waals surface area contributed by atoms with E-state index in [1.165, 1.54) is 12.3 Å². The number of hydrogen-bond acceptors (Lipinski definition) is 4. The molecule has 0 bridgehead atoms. The van der Waals surface area contributed by atoms with E-state index in [-0.39, 0.29) is 23.6 Å². The molecule has 0 aliphatic heterocycles. The Morgan fingerprint density at radius 1 is 1.50 bits per heavy atom. The average Bonchev–Trinajstić information content (AvgIpc) is 2.96. The number of nitrogens with one attached hydrogen (secondary N) is 1. The molecule has 96 valence electrons. The predicted molar refractivity (Wildman–Crippen MR) is 64.8 cm³/mol. The van der Waals surface area contributed by atoms with E-state index in [4.69, 9.17) is 0 Å². The summed E-state index contributed by atoms with van der Waals surface area (Å²) in [5, 5.41) is 6.54. The maximum atomic E-state index is 12.0. The van der Waals surface area contributed by atoms with Crippen LogP contribution in [0.25, 0.3) is 0 Å². The minimum atomic E-state index is -0.259. The molecular formula is C12H16N4O2. The maximum absolute atomic E-state index is 12.0. The summed E-state index contributed by atoms with van der Waals surface area (Å²) in [7, 11) is 1.90. The lowest BCUT2D eigenvalue weighted by atomic mass is 10.0. The molecule has 0 aliphatic carbocycles. The Hall–Kier alpha value is -2.11. The van der Waals surface area contributed by atoms with Crippen LogP contribution < -0.4 is 5.32 Å². The van der Waals surface area contributed by atoms with E-state index in [2.05, 4.69) is 20.0 Å². The summed E-state index contributed by atoms with van der Waals surface area (Å²) >= 11 is 0. The van der Waals surface area contributed by atoms with Crippen LogP contribution in [0, 0.1) is 5.92 Å². The van der Waals surface area contributed by atoms with E-state index in [0.717, 1.165) is 5.82 Å². The van der Waals surface area contributed by atoms with E-state index in [1.54, 1.807) is 6.20 Å². The lowest BCUT2D eigenvalue weighted by molar-refractivity contribution is 0.0913. The van der Waals surface area contributed by atoms with Crippen LogP contribution in [0.3, 0.4) is 0 Å². The summed E-state index contributed by atoms with van der Waals surface area (Å²) < 4.78 is 6.56. The molecule has 0 fully saturated rings. The predicted octanol–water partition coefficient (Wildman–Crippen LogP) is 1.54. The molecule has 6 heteroatoms. The number of rotatable bonds is 4. The molecule has 1 amide bonds. The van der Waals surface area contributed by atoms with Gasteiger partial charge >= 0.3 is 0 Å². The number of amides is 1. The van der Waals surface area contributed by atoms with Crippen molar-refractivity contribution in [2.24, 2.45) is 13.0 Å². The molecule has 0 aromatic carbocycles. The van der Waals surface area contributed by atoms with Gasteiger partial charge in [0.15, 0.2) is 5.69 Å². The van der Waals surface area contributed by atoms with Crippen molar-refractivity contribution in [3.63, 3.8) is 0 Å². The first-order valence-corrected chi connectivity index (χ1v) is 5.78. The van der Waals surface area contributed by atoms with Crippen LogP contribution in [0.5, 0.6) is 0 Å². The van der Waals surface area contributed by atoms with Gasteiger partial charge < -0.3 is 14.4 Å². The Morgan fingerprint density at radius 2 is 2.28 bits per heavy atom. The van der Waals surface area contributed by atoms with Crippen molar-refractivity contribution in [2.45, 2.75) is 19.9 Å². The second-order valence-electron chi connectivity index (χ2n) is 4.48. The molecule has 1 N–H and O–H groups in total. The van der Waals surface area contributed by atoms with Gasteiger partial charge in [0.25, 0.3) is 5.91 Å². The van der Waals surface area contributed by atoms with Crippen molar-refractivity contribution in [2.75, 3.05) is 0 Å². The zero-order chi connectivity index (χ0) is 13.1. The first kappa shape index (κ1) is 12.3. The zero-order valence-corrected chi connectivity index (χ0v) is 10.6. The first-order chi connectivity index (χ1) is 8.59. The van der Waals surface area contributed by atoms with Crippen LogP contribution in [-0.4, -0.2) is 20.6 Å². The molecule has 0 aliphatic rings. The fraction of sp³-hybridized carbons (Fsp3) is 0.417.